The molecule has 0 fully saturated rings. The Hall–Kier alpha value is -2.25. The fourth-order valence-electron chi connectivity index (χ4n) is 2.02. The molecule has 0 aromatic heterocycles. The summed E-state index contributed by atoms with van der Waals surface area (Å²) in [6.45, 7) is 2.50. The molecule has 0 saturated heterocycles. The molecule has 112 valence electrons. The van der Waals surface area contributed by atoms with E-state index in [2.05, 4.69) is 22.0 Å². The van der Waals surface area contributed by atoms with Crippen LogP contribution in [-0.4, -0.2) is 13.7 Å². The van der Waals surface area contributed by atoms with Crippen LogP contribution in [0.3, 0.4) is 0 Å². The highest BCUT2D eigenvalue weighted by Gasteiger charge is 2.06. The quantitative estimate of drug-likeness (QED) is 0.563. The van der Waals surface area contributed by atoms with Gasteiger partial charge in [0, 0.05) is 4.47 Å². The van der Waals surface area contributed by atoms with Gasteiger partial charge in [0.1, 0.15) is 0 Å². The molecule has 0 heterocycles. The summed E-state index contributed by atoms with van der Waals surface area (Å²) in [6.07, 6.45) is 1.83. The number of benzene rings is 2. The molecule has 0 atom stereocenters. The number of nitriles is 1. The predicted molar refractivity (Wildman–Crippen MR) is 91.8 cm³/mol. The van der Waals surface area contributed by atoms with Gasteiger partial charge in [-0.25, -0.2) is 0 Å². The average Bonchev–Trinajstić information content (AvgIpc) is 2.55. The van der Waals surface area contributed by atoms with Gasteiger partial charge in [-0.2, -0.15) is 5.26 Å². The monoisotopic (exact) mass is 357 g/mol. The summed E-state index contributed by atoms with van der Waals surface area (Å²) in [5, 5.41) is 9.39. The van der Waals surface area contributed by atoms with Gasteiger partial charge in [0.2, 0.25) is 0 Å². The number of halogens is 1. The maximum absolute atomic E-state index is 9.39. The van der Waals surface area contributed by atoms with E-state index in [1.54, 1.807) is 7.11 Å². The van der Waals surface area contributed by atoms with Crippen molar-refractivity contribution in [1.82, 2.24) is 0 Å². The van der Waals surface area contributed by atoms with Crippen molar-refractivity contribution < 1.29 is 9.47 Å². The molecule has 0 bridgehead atoms. The zero-order chi connectivity index (χ0) is 15.9. The van der Waals surface area contributed by atoms with Crippen LogP contribution in [0.5, 0.6) is 11.5 Å². The molecule has 0 aliphatic carbocycles. The first-order chi connectivity index (χ1) is 10.7. The fraction of sp³-hybridized carbons (Fsp3) is 0.167. The Balaban J connectivity index is 2.37. The van der Waals surface area contributed by atoms with Crippen LogP contribution in [0.2, 0.25) is 0 Å². The molecule has 2 aromatic rings. The normalized spacial score (nSPS) is 10.9. The second-order valence-corrected chi connectivity index (χ2v) is 5.44. The highest BCUT2D eigenvalue weighted by Crippen LogP contribution is 2.30. The number of hydrogen-bond acceptors (Lipinski definition) is 3. The predicted octanol–water partition coefficient (Wildman–Crippen LogP) is 4.92. The largest absolute Gasteiger partial charge is 0.493 e. The topological polar surface area (TPSA) is 42.2 Å². The molecule has 0 amide bonds. The highest BCUT2D eigenvalue weighted by atomic mass is 79.9. The second-order valence-electron chi connectivity index (χ2n) is 4.52. The van der Waals surface area contributed by atoms with E-state index in [4.69, 9.17) is 9.47 Å². The van der Waals surface area contributed by atoms with Crippen LogP contribution in [0.4, 0.5) is 0 Å². The van der Waals surface area contributed by atoms with Gasteiger partial charge in [-0.3, -0.25) is 0 Å². The summed E-state index contributed by atoms with van der Waals surface area (Å²) in [6, 6.07) is 15.5. The Kier molecular flexibility index (Phi) is 5.62. The van der Waals surface area contributed by atoms with E-state index in [-0.39, 0.29) is 0 Å². The summed E-state index contributed by atoms with van der Waals surface area (Å²) in [5.74, 6) is 1.35. The van der Waals surface area contributed by atoms with Crippen molar-refractivity contribution in [3.63, 3.8) is 0 Å². The van der Waals surface area contributed by atoms with E-state index in [1.165, 1.54) is 0 Å². The average molecular weight is 358 g/mol. The van der Waals surface area contributed by atoms with Crippen LogP contribution in [0.15, 0.2) is 46.9 Å². The lowest BCUT2D eigenvalue weighted by Gasteiger charge is -2.10. The van der Waals surface area contributed by atoms with Gasteiger partial charge in [0.15, 0.2) is 11.5 Å². The number of methoxy groups -OCH3 is 1. The van der Waals surface area contributed by atoms with E-state index in [0.29, 0.717) is 23.7 Å². The van der Waals surface area contributed by atoms with Gasteiger partial charge in [-0.1, -0.05) is 34.1 Å². The van der Waals surface area contributed by atoms with Crippen LogP contribution in [-0.2, 0) is 0 Å². The van der Waals surface area contributed by atoms with Crippen molar-refractivity contribution in [3.05, 3.63) is 58.1 Å². The zero-order valence-electron chi connectivity index (χ0n) is 12.5. The third kappa shape index (κ3) is 3.90. The lowest BCUT2D eigenvalue weighted by molar-refractivity contribution is 0.311. The first-order valence-electron chi connectivity index (χ1n) is 6.86. The molecular formula is C18H16BrNO2. The summed E-state index contributed by atoms with van der Waals surface area (Å²) in [5.41, 5.74) is 2.36. The second kappa shape index (κ2) is 7.67. The molecule has 3 nitrogen and oxygen atoms in total. The smallest absolute Gasteiger partial charge is 0.161 e. The van der Waals surface area contributed by atoms with E-state index >= 15 is 0 Å². The lowest BCUT2D eigenvalue weighted by atomic mass is 10.0. The van der Waals surface area contributed by atoms with Crippen molar-refractivity contribution in [2.45, 2.75) is 6.92 Å². The summed E-state index contributed by atoms with van der Waals surface area (Å²) >= 11 is 3.39. The summed E-state index contributed by atoms with van der Waals surface area (Å²) < 4.78 is 11.8. The minimum absolute atomic E-state index is 0.577. The molecule has 4 heteroatoms. The molecule has 22 heavy (non-hydrogen) atoms. The zero-order valence-corrected chi connectivity index (χ0v) is 14.1. The molecule has 0 spiro atoms. The third-order valence-electron chi connectivity index (χ3n) is 3.07. The lowest BCUT2D eigenvalue weighted by Crippen LogP contribution is -1.95. The van der Waals surface area contributed by atoms with Crippen LogP contribution in [0.25, 0.3) is 11.6 Å². The molecule has 2 aromatic carbocycles. The third-order valence-corrected chi connectivity index (χ3v) is 3.60. The maximum atomic E-state index is 9.39. The van der Waals surface area contributed by atoms with E-state index < -0.39 is 0 Å². The number of rotatable bonds is 5. The Morgan fingerprint density at radius 3 is 2.50 bits per heavy atom. The summed E-state index contributed by atoms with van der Waals surface area (Å²) in [4.78, 5) is 0. The van der Waals surface area contributed by atoms with Gasteiger partial charge in [0.05, 0.1) is 25.4 Å². The Bertz CT molecular complexity index is 715. The summed E-state index contributed by atoms with van der Waals surface area (Å²) in [7, 11) is 1.60. The van der Waals surface area contributed by atoms with Crippen molar-refractivity contribution in [3.8, 4) is 17.6 Å². The van der Waals surface area contributed by atoms with E-state index in [1.807, 2.05) is 55.5 Å². The molecule has 0 N–H and O–H groups in total. The highest BCUT2D eigenvalue weighted by molar-refractivity contribution is 9.10. The van der Waals surface area contributed by atoms with Gasteiger partial charge in [0.25, 0.3) is 0 Å². The molecule has 0 unspecified atom stereocenters. The van der Waals surface area contributed by atoms with E-state index in [0.717, 1.165) is 15.6 Å². The van der Waals surface area contributed by atoms with Crippen molar-refractivity contribution in [1.29, 1.82) is 5.26 Å². The van der Waals surface area contributed by atoms with Crippen LogP contribution < -0.4 is 9.47 Å². The van der Waals surface area contributed by atoms with Gasteiger partial charge in [-0.05, 0) is 48.4 Å². The number of hydrogen-bond donors (Lipinski definition) is 0. The molecule has 2 rings (SSSR count). The van der Waals surface area contributed by atoms with Crippen molar-refractivity contribution in [2.24, 2.45) is 0 Å². The number of ether oxygens (including phenoxy) is 2. The fourth-order valence-corrected chi connectivity index (χ4v) is 2.29. The molecule has 0 saturated carbocycles. The number of nitrogens with zero attached hydrogens (tertiary/aromatic N) is 1. The SMILES string of the molecule is CCOc1ccc(/C=C(/C#N)c2ccc(Br)cc2)cc1OC. The van der Waals surface area contributed by atoms with Crippen LogP contribution >= 0.6 is 15.9 Å². The minimum Gasteiger partial charge on any atom is -0.493 e. The molecular weight excluding hydrogens is 342 g/mol. The Morgan fingerprint density at radius 1 is 1.18 bits per heavy atom. The molecule has 0 radical (unpaired) electrons. The minimum atomic E-state index is 0.577. The van der Waals surface area contributed by atoms with Gasteiger partial charge >= 0.3 is 0 Å². The first-order valence-corrected chi connectivity index (χ1v) is 7.65. The van der Waals surface area contributed by atoms with Crippen LogP contribution in [0.1, 0.15) is 18.1 Å². The van der Waals surface area contributed by atoms with Crippen molar-refractivity contribution >= 4 is 27.6 Å². The maximum Gasteiger partial charge on any atom is 0.161 e. The first kappa shape index (κ1) is 16.1. The van der Waals surface area contributed by atoms with Gasteiger partial charge in [-0.15, -0.1) is 0 Å². The van der Waals surface area contributed by atoms with Gasteiger partial charge < -0.3 is 9.47 Å². The molecule has 0 aliphatic heterocycles. The standard InChI is InChI=1S/C18H16BrNO2/c1-3-22-17-9-4-13(11-18(17)21-2)10-15(12-20)14-5-7-16(19)8-6-14/h4-11H,3H2,1-2H3/b15-10-. The Morgan fingerprint density at radius 2 is 1.91 bits per heavy atom. The van der Waals surface area contributed by atoms with Crippen molar-refractivity contribution in [2.75, 3.05) is 13.7 Å². The molecule has 0 aliphatic rings. The Labute approximate surface area is 138 Å². The number of allylic oxidation sites excluding steroid dienone is 1. The van der Waals surface area contributed by atoms with E-state index in [9.17, 15) is 5.26 Å². The van der Waals surface area contributed by atoms with Crippen LogP contribution in [0, 0.1) is 11.3 Å².